The number of hydrogen-bond donors (Lipinski definition) is 2. The molecule has 2 aromatic carbocycles. The number of nitrogens with zero attached hydrogens (tertiary/aromatic N) is 1. The van der Waals surface area contributed by atoms with Gasteiger partial charge in [-0.15, -0.1) is 0 Å². The molecule has 0 aliphatic heterocycles. The third-order valence-corrected chi connectivity index (χ3v) is 4.18. The van der Waals surface area contributed by atoms with E-state index in [9.17, 15) is 14.0 Å². The van der Waals surface area contributed by atoms with Gasteiger partial charge in [-0.25, -0.2) is 4.39 Å². The lowest BCUT2D eigenvalue weighted by molar-refractivity contribution is -0.123. The van der Waals surface area contributed by atoms with Crippen molar-refractivity contribution in [3.63, 3.8) is 0 Å². The topological polar surface area (TPSA) is 74.6 Å². The van der Waals surface area contributed by atoms with Gasteiger partial charge in [0.1, 0.15) is 17.2 Å². The molecule has 0 saturated heterocycles. The Morgan fingerprint density at radius 1 is 1.07 bits per heavy atom. The van der Waals surface area contributed by atoms with Gasteiger partial charge in [-0.2, -0.15) is 0 Å². The van der Waals surface area contributed by atoms with Gasteiger partial charge >= 0.3 is 0 Å². The fourth-order valence-corrected chi connectivity index (χ4v) is 2.89. The van der Waals surface area contributed by atoms with E-state index in [0.717, 1.165) is 11.0 Å². The van der Waals surface area contributed by atoms with Crippen molar-refractivity contribution in [2.24, 2.45) is 0 Å². The van der Waals surface area contributed by atoms with Gasteiger partial charge in [0.05, 0.1) is 19.1 Å². The van der Waals surface area contributed by atoms with Gasteiger partial charge in [-0.3, -0.25) is 14.5 Å². The highest BCUT2D eigenvalue weighted by molar-refractivity contribution is 5.92. The van der Waals surface area contributed by atoms with E-state index in [1.165, 1.54) is 18.2 Å². The van der Waals surface area contributed by atoms with E-state index in [2.05, 4.69) is 10.6 Å². The second kappa shape index (κ2) is 8.67. The summed E-state index contributed by atoms with van der Waals surface area (Å²) >= 11 is 0. The number of amides is 2. The van der Waals surface area contributed by atoms with Crippen LogP contribution in [0.3, 0.4) is 0 Å². The number of fused-ring (bicyclic) bond motifs is 1. The second-order valence-electron chi connectivity index (χ2n) is 6.71. The number of para-hydroxylation sites is 1. The van der Waals surface area contributed by atoms with Crippen molar-refractivity contribution in [1.82, 2.24) is 10.2 Å². The molecule has 0 unspecified atom stereocenters. The van der Waals surface area contributed by atoms with Crippen molar-refractivity contribution in [3.05, 3.63) is 66.2 Å². The fourth-order valence-electron chi connectivity index (χ4n) is 2.89. The number of likely N-dealkylation sites (N-methyl/N-ethyl adjacent to an activating group) is 1. The van der Waals surface area contributed by atoms with E-state index in [-0.39, 0.29) is 30.9 Å². The molecule has 1 heterocycles. The molecule has 6 nitrogen and oxygen atoms in total. The van der Waals surface area contributed by atoms with Crippen LogP contribution in [0, 0.1) is 5.82 Å². The number of carbonyl (C=O) groups is 2. The summed E-state index contributed by atoms with van der Waals surface area (Å²) in [5.74, 6) is -0.314. The Hall–Kier alpha value is -3.19. The molecule has 0 fully saturated rings. The highest BCUT2D eigenvalue weighted by atomic mass is 19.1. The molecule has 0 saturated carbocycles. The maximum atomic E-state index is 13.2. The van der Waals surface area contributed by atoms with Gasteiger partial charge < -0.3 is 15.1 Å². The largest absolute Gasteiger partial charge is 0.459 e. The summed E-state index contributed by atoms with van der Waals surface area (Å²) in [7, 11) is 1.66. The quantitative estimate of drug-likeness (QED) is 0.656. The lowest BCUT2D eigenvalue weighted by atomic mass is 10.2. The van der Waals surface area contributed by atoms with E-state index >= 15 is 0 Å². The number of anilines is 1. The number of benzene rings is 2. The second-order valence-corrected chi connectivity index (χ2v) is 6.71. The number of nitrogens with one attached hydrogen (secondary N) is 2. The molecular weight excluding hydrogens is 361 g/mol. The van der Waals surface area contributed by atoms with Crippen LogP contribution >= 0.6 is 0 Å². The lowest BCUT2D eigenvalue weighted by Gasteiger charge is -2.18. The van der Waals surface area contributed by atoms with Gasteiger partial charge in [0.15, 0.2) is 0 Å². The standard InChI is InChI=1S/C21H22FN3O3/c1-14(19-10-15-6-3-4-9-18(15)28-19)23-20(26)12-25(2)13-21(27)24-17-8-5-7-16(22)11-17/h3-11,14H,12-13H2,1-2H3,(H,23,26)(H,24,27)/t14-/m0/s1. The summed E-state index contributed by atoms with van der Waals surface area (Å²) < 4.78 is 18.9. The monoisotopic (exact) mass is 383 g/mol. The van der Waals surface area contributed by atoms with Crippen LogP contribution in [0.15, 0.2) is 59.0 Å². The van der Waals surface area contributed by atoms with Crippen LogP contribution in [0.2, 0.25) is 0 Å². The van der Waals surface area contributed by atoms with Crippen molar-refractivity contribution >= 4 is 28.5 Å². The molecule has 0 aliphatic rings. The third-order valence-electron chi connectivity index (χ3n) is 4.18. The van der Waals surface area contributed by atoms with E-state index < -0.39 is 5.82 Å². The predicted octanol–water partition coefficient (Wildman–Crippen LogP) is 3.32. The van der Waals surface area contributed by atoms with E-state index in [4.69, 9.17) is 4.42 Å². The Labute approximate surface area is 162 Å². The zero-order valence-corrected chi connectivity index (χ0v) is 15.7. The minimum Gasteiger partial charge on any atom is -0.459 e. The van der Waals surface area contributed by atoms with E-state index in [1.54, 1.807) is 18.0 Å². The Morgan fingerprint density at radius 3 is 2.57 bits per heavy atom. The molecule has 0 radical (unpaired) electrons. The van der Waals surface area contributed by atoms with E-state index in [0.29, 0.717) is 11.4 Å². The Kier molecular flexibility index (Phi) is 6.06. The van der Waals surface area contributed by atoms with Gasteiger partial charge in [0.25, 0.3) is 0 Å². The summed E-state index contributed by atoms with van der Waals surface area (Å²) in [6.07, 6.45) is 0. The molecule has 28 heavy (non-hydrogen) atoms. The summed E-state index contributed by atoms with van der Waals surface area (Å²) in [6.45, 7) is 1.89. The number of hydrogen-bond acceptors (Lipinski definition) is 4. The predicted molar refractivity (Wildman–Crippen MR) is 105 cm³/mol. The van der Waals surface area contributed by atoms with Gasteiger partial charge in [0.2, 0.25) is 11.8 Å². The molecule has 0 bridgehead atoms. The van der Waals surface area contributed by atoms with Crippen LogP contribution in [0.5, 0.6) is 0 Å². The molecular formula is C21H22FN3O3. The Morgan fingerprint density at radius 2 is 1.82 bits per heavy atom. The minimum absolute atomic E-state index is 0.00293. The molecule has 3 aromatic rings. The summed E-state index contributed by atoms with van der Waals surface area (Å²) in [5, 5.41) is 6.44. The first kappa shape index (κ1) is 19.6. The number of rotatable bonds is 7. The average molecular weight is 383 g/mol. The van der Waals surface area contributed by atoms with Gasteiger partial charge in [-0.1, -0.05) is 24.3 Å². The first-order valence-electron chi connectivity index (χ1n) is 8.92. The van der Waals surface area contributed by atoms with Crippen LogP contribution < -0.4 is 10.6 Å². The molecule has 3 rings (SSSR count). The normalized spacial score (nSPS) is 12.1. The Bertz CT molecular complexity index is 953. The lowest BCUT2D eigenvalue weighted by Crippen LogP contribution is -2.39. The zero-order chi connectivity index (χ0) is 20.1. The number of carbonyl (C=O) groups excluding carboxylic acids is 2. The molecule has 0 spiro atoms. The van der Waals surface area contributed by atoms with Crippen molar-refractivity contribution in [2.45, 2.75) is 13.0 Å². The van der Waals surface area contributed by atoms with Crippen LogP contribution in [0.25, 0.3) is 11.0 Å². The summed E-state index contributed by atoms with van der Waals surface area (Å²) in [4.78, 5) is 25.9. The number of halogens is 1. The number of furan rings is 1. The maximum Gasteiger partial charge on any atom is 0.238 e. The van der Waals surface area contributed by atoms with Gasteiger partial charge in [0, 0.05) is 11.1 Å². The van der Waals surface area contributed by atoms with Crippen molar-refractivity contribution < 1.29 is 18.4 Å². The first-order valence-corrected chi connectivity index (χ1v) is 8.92. The molecule has 1 aromatic heterocycles. The summed E-state index contributed by atoms with van der Waals surface area (Å²) in [6, 6.07) is 14.9. The van der Waals surface area contributed by atoms with Crippen LogP contribution in [0.1, 0.15) is 18.7 Å². The van der Waals surface area contributed by atoms with Crippen LogP contribution in [-0.4, -0.2) is 36.9 Å². The summed E-state index contributed by atoms with van der Waals surface area (Å²) in [5.41, 5.74) is 1.14. The highest BCUT2D eigenvalue weighted by Crippen LogP contribution is 2.23. The van der Waals surface area contributed by atoms with Crippen molar-refractivity contribution in [1.29, 1.82) is 0 Å². The highest BCUT2D eigenvalue weighted by Gasteiger charge is 2.16. The van der Waals surface area contributed by atoms with Crippen molar-refractivity contribution in [3.8, 4) is 0 Å². The Balaban J connectivity index is 1.48. The molecule has 7 heteroatoms. The van der Waals surface area contributed by atoms with Crippen molar-refractivity contribution in [2.75, 3.05) is 25.5 Å². The van der Waals surface area contributed by atoms with Crippen LogP contribution in [-0.2, 0) is 9.59 Å². The average Bonchev–Trinajstić information content (AvgIpc) is 3.05. The molecule has 146 valence electrons. The minimum atomic E-state index is -0.426. The third kappa shape index (κ3) is 5.17. The molecule has 1 atom stereocenters. The molecule has 0 aliphatic carbocycles. The first-order chi connectivity index (χ1) is 13.4. The van der Waals surface area contributed by atoms with Gasteiger partial charge in [-0.05, 0) is 44.3 Å². The SMILES string of the molecule is C[C@H](NC(=O)CN(C)CC(=O)Nc1cccc(F)c1)c1cc2ccccc2o1. The smallest absolute Gasteiger partial charge is 0.238 e. The molecule has 2 amide bonds. The van der Waals surface area contributed by atoms with E-state index in [1.807, 2.05) is 37.3 Å². The zero-order valence-electron chi connectivity index (χ0n) is 15.7. The fraction of sp³-hybridized carbons (Fsp3) is 0.238. The maximum absolute atomic E-state index is 13.2. The molecule has 2 N–H and O–H groups in total. The van der Waals surface area contributed by atoms with Crippen LogP contribution in [0.4, 0.5) is 10.1 Å².